The molecule has 5 heteroatoms. The van der Waals surface area contributed by atoms with Gasteiger partial charge in [-0.25, -0.2) is 9.59 Å². The molecule has 0 saturated carbocycles. The van der Waals surface area contributed by atoms with Crippen LogP contribution in [0.2, 0.25) is 5.02 Å². The van der Waals surface area contributed by atoms with Gasteiger partial charge in [-0.15, -0.1) is 0 Å². The Balaban J connectivity index is 2.01. The van der Waals surface area contributed by atoms with E-state index in [0.717, 1.165) is 11.1 Å². The predicted octanol–water partition coefficient (Wildman–Crippen LogP) is 4.21. The normalized spacial score (nSPS) is 10.8. The fourth-order valence-corrected chi connectivity index (χ4v) is 2.70. The molecule has 0 spiro atoms. The quantitative estimate of drug-likeness (QED) is 0.526. The Kier molecular flexibility index (Phi) is 4.67. The van der Waals surface area contributed by atoms with E-state index in [4.69, 9.17) is 20.8 Å². The Labute approximate surface area is 143 Å². The van der Waals surface area contributed by atoms with E-state index >= 15 is 0 Å². The van der Waals surface area contributed by atoms with E-state index in [9.17, 15) is 9.59 Å². The van der Waals surface area contributed by atoms with Crippen LogP contribution in [0.15, 0.2) is 57.7 Å². The molecule has 0 unspecified atom stereocenters. The van der Waals surface area contributed by atoms with Gasteiger partial charge in [-0.05, 0) is 48.7 Å². The van der Waals surface area contributed by atoms with E-state index in [0.29, 0.717) is 22.4 Å². The third-order valence-electron chi connectivity index (χ3n) is 3.64. The molecule has 0 N–H and O–H groups in total. The van der Waals surface area contributed by atoms with Gasteiger partial charge in [-0.1, -0.05) is 35.9 Å². The van der Waals surface area contributed by atoms with Crippen molar-refractivity contribution in [3.8, 4) is 0 Å². The molecule has 0 amide bonds. The highest BCUT2D eigenvalue weighted by Crippen LogP contribution is 2.22. The number of esters is 1. The molecule has 0 aliphatic heterocycles. The summed E-state index contributed by atoms with van der Waals surface area (Å²) in [5.41, 5.74) is 1.63. The minimum absolute atomic E-state index is 0.0979. The molecule has 3 aromatic rings. The Bertz CT molecular complexity index is 959. The van der Waals surface area contributed by atoms with Gasteiger partial charge in [0.25, 0.3) is 0 Å². The second-order valence-corrected chi connectivity index (χ2v) is 5.72. The van der Waals surface area contributed by atoms with Crippen LogP contribution in [0.1, 0.15) is 28.4 Å². The number of halogens is 1. The van der Waals surface area contributed by atoms with Crippen LogP contribution in [0.3, 0.4) is 0 Å². The Morgan fingerprint density at radius 1 is 1.17 bits per heavy atom. The average molecular weight is 343 g/mol. The summed E-state index contributed by atoms with van der Waals surface area (Å²) in [4.78, 5) is 23.7. The van der Waals surface area contributed by atoms with Gasteiger partial charge in [0.2, 0.25) is 0 Å². The van der Waals surface area contributed by atoms with Gasteiger partial charge in [0, 0.05) is 10.4 Å². The number of ether oxygens (including phenoxy) is 1. The standard InChI is InChI=1S/C19H15ClO4/c1-2-23-18(21)15-11-14-10-12(7-8-17(14)24-19(15)22)9-13-5-3-4-6-16(13)20/h3-8,10-11H,2,9H2,1H3. The molecule has 1 aromatic heterocycles. The van der Waals surface area contributed by atoms with Crippen molar-refractivity contribution in [2.45, 2.75) is 13.3 Å². The lowest BCUT2D eigenvalue weighted by Gasteiger charge is -2.06. The molecule has 2 aromatic carbocycles. The van der Waals surface area contributed by atoms with Gasteiger partial charge < -0.3 is 9.15 Å². The van der Waals surface area contributed by atoms with Crippen LogP contribution < -0.4 is 5.63 Å². The average Bonchev–Trinajstić information content (AvgIpc) is 2.57. The summed E-state index contributed by atoms with van der Waals surface area (Å²) >= 11 is 6.19. The molecule has 0 saturated heterocycles. The summed E-state index contributed by atoms with van der Waals surface area (Å²) in [6.45, 7) is 1.88. The Morgan fingerprint density at radius 2 is 1.96 bits per heavy atom. The number of fused-ring (bicyclic) bond motifs is 1. The van der Waals surface area contributed by atoms with Crippen molar-refractivity contribution in [1.82, 2.24) is 0 Å². The van der Waals surface area contributed by atoms with Gasteiger partial charge >= 0.3 is 11.6 Å². The van der Waals surface area contributed by atoms with Crippen LogP contribution in [0, 0.1) is 0 Å². The third kappa shape index (κ3) is 3.34. The van der Waals surface area contributed by atoms with E-state index in [1.54, 1.807) is 13.0 Å². The number of hydrogen-bond acceptors (Lipinski definition) is 4. The summed E-state index contributed by atoms with van der Waals surface area (Å²) in [6, 6.07) is 14.6. The lowest BCUT2D eigenvalue weighted by atomic mass is 10.0. The highest BCUT2D eigenvalue weighted by molar-refractivity contribution is 6.31. The predicted molar refractivity (Wildman–Crippen MR) is 92.7 cm³/mol. The van der Waals surface area contributed by atoms with Crippen molar-refractivity contribution in [2.75, 3.05) is 6.61 Å². The molecule has 0 aliphatic carbocycles. The van der Waals surface area contributed by atoms with Crippen molar-refractivity contribution in [1.29, 1.82) is 0 Å². The Hall–Kier alpha value is -2.59. The molecule has 122 valence electrons. The van der Waals surface area contributed by atoms with Crippen molar-refractivity contribution in [3.63, 3.8) is 0 Å². The van der Waals surface area contributed by atoms with Crippen LogP contribution in [0.25, 0.3) is 11.0 Å². The third-order valence-corrected chi connectivity index (χ3v) is 4.01. The van der Waals surface area contributed by atoms with Crippen molar-refractivity contribution < 1.29 is 13.9 Å². The number of benzene rings is 2. The van der Waals surface area contributed by atoms with Crippen LogP contribution >= 0.6 is 11.6 Å². The minimum atomic E-state index is -0.695. The van der Waals surface area contributed by atoms with Crippen molar-refractivity contribution >= 4 is 28.5 Å². The maximum atomic E-state index is 11.9. The molecule has 4 nitrogen and oxygen atoms in total. The van der Waals surface area contributed by atoms with Gasteiger partial charge in [0.15, 0.2) is 0 Å². The van der Waals surface area contributed by atoms with Crippen molar-refractivity contribution in [3.05, 3.63) is 80.7 Å². The molecule has 0 bridgehead atoms. The van der Waals surface area contributed by atoms with Crippen LogP contribution in [-0.2, 0) is 11.2 Å². The summed E-state index contributed by atoms with van der Waals surface area (Å²) in [7, 11) is 0. The number of carbonyl (C=O) groups excluding carboxylic acids is 1. The zero-order chi connectivity index (χ0) is 17.1. The monoisotopic (exact) mass is 342 g/mol. The van der Waals surface area contributed by atoms with E-state index < -0.39 is 11.6 Å². The van der Waals surface area contributed by atoms with Crippen LogP contribution in [0.5, 0.6) is 0 Å². The first-order valence-electron chi connectivity index (χ1n) is 7.56. The largest absolute Gasteiger partial charge is 0.462 e. The zero-order valence-corrected chi connectivity index (χ0v) is 13.8. The highest BCUT2D eigenvalue weighted by Gasteiger charge is 2.15. The molecule has 3 rings (SSSR count). The molecule has 24 heavy (non-hydrogen) atoms. The first-order valence-corrected chi connectivity index (χ1v) is 7.93. The molecular formula is C19H15ClO4. The highest BCUT2D eigenvalue weighted by atomic mass is 35.5. The van der Waals surface area contributed by atoms with Gasteiger partial charge in [0.05, 0.1) is 6.61 Å². The number of rotatable bonds is 4. The van der Waals surface area contributed by atoms with Gasteiger partial charge in [-0.3, -0.25) is 0 Å². The van der Waals surface area contributed by atoms with Gasteiger partial charge in [0.1, 0.15) is 11.1 Å². The second-order valence-electron chi connectivity index (χ2n) is 5.31. The van der Waals surface area contributed by atoms with E-state index in [1.165, 1.54) is 6.07 Å². The van der Waals surface area contributed by atoms with E-state index in [2.05, 4.69) is 0 Å². The lowest BCUT2D eigenvalue weighted by molar-refractivity contribution is 0.0522. The first kappa shape index (κ1) is 16.3. The fourth-order valence-electron chi connectivity index (χ4n) is 2.50. The first-order chi connectivity index (χ1) is 11.6. The molecule has 1 heterocycles. The molecule has 0 aliphatic rings. The maximum absolute atomic E-state index is 11.9. The summed E-state index contributed by atoms with van der Waals surface area (Å²) in [6.07, 6.45) is 0.642. The van der Waals surface area contributed by atoms with E-state index in [-0.39, 0.29) is 12.2 Å². The smallest absolute Gasteiger partial charge is 0.351 e. The van der Waals surface area contributed by atoms with Crippen LogP contribution in [0.4, 0.5) is 0 Å². The molecule has 0 radical (unpaired) electrons. The topological polar surface area (TPSA) is 56.5 Å². The summed E-state index contributed by atoms with van der Waals surface area (Å²) in [5, 5.41) is 1.37. The molecule has 0 fully saturated rings. The summed E-state index contributed by atoms with van der Waals surface area (Å²) in [5.74, 6) is -0.676. The summed E-state index contributed by atoms with van der Waals surface area (Å²) < 4.78 is 10.1. The SMILES string of the molecule is CCOC(=O)c1cc2cc(Cc3ccccc3Cl)ccc2oc1=O. The van der Waals surface area contributed by atoms with Gasteiger partial charge in [-0.2, -0.15) is 0 Å². The van der Waals surface area contributed by atoms with Crippen molar-refractivity contribution in [2.24, 2.45) is 0 Å². The number of carbonyl (C=O) groups is 1. The van der Waals surface area contributed by atoms with Crippen LogP contribution in [-0.4, -0.2) is 12.6 Å². The minimum Gasteiger partial charge on any atom is -0.462 e. The second kappa shape index (κ2) is 6.89. The lowest BCUT2D eigenvalue weighted by Crippen LogP contribution is -2.16. The van der Waals surface area contributed by atoms with E-state index in [1.807, 2.05) is 36.4 Å². The molecule has 0 atom stereocenters. The Morgan fingerprint density at radius 3 is 2.71 bits per heavy atom. The number of hydrogen-bond donors (Lipinski definition) is 0. The fraction of sp³-hybridized carbons (Fsp3) is 0.158. The maximum Gasteiger partial charge on any atom is 0.351 e. The molecular weight excluding hydrogens is 328 g/mol. The zero-order valence-electron chi connectivity index (χ0n) is 13.0.